The molecule has 1 aliphatic heterocycles. The number of rotatable bonds is 1. The SMILES string of the molecule is CC(C)n1cc2c3c(cccc31)[C@H]1CCCN(C)[C@@H]1C2. The molecule has 2 heteroatoms. The predicted molar refractivity (Wildman–Crippen MR) is 84.4 cm³/mol. The Labute approximate surface area is 121 Å². The summed E-state index contributed by atoms with van der Waals surface area (Å²) < 4.78 is 2.46. The third-order valence-corrected chi connectivity index (χ3v) is 5.41. The summed E-state index contributed by atoms with van der Waals surface area (Å²) in [7, 11) is 2.31. The van der Waals surface area contributed by atoms with Crippen molar-refractivity contribution in [2.24, 2.45) is 0 Å². The van der Waals surface area contributed by atoms with E-state index in [4.69, 9.17) is 0 Å². The Hall–Kier alpha value is -1.28. The second kappa shape index (κ2) is 4.36. The smallest absolute Gasteiger partial charge is 0.0488 e. The molecule has 0 spiro atoms. The van der Waals surface area contributed by atoms with Crippen LogP contribution in [0.1, 0.15) is 49.8 Å². The summed E-state index contributed by atoms with van der Waals surface area (Å²) in [6, 6.07) is 8.20. The standard InChI is InChI=1S/C18H24N2/c1-12(2)20-11-13-10-17-14(7-5-9-19(17)3)15-6-4-8-16(20)18(13)15/h4,6,8,11-12,14,17H,5,7,9-10H2,1-3H3/t14-,17-/m1/s1. The molecule has 2 aliphatic rings. The highest BCUT2D eigenvalue weighted by Crippen LogP contribution is 2.44. The minimum Gasteiger partial charge on any atom is -0.345 e. The van der Waals surface area contributed by atoms with Gasteiger partial charge in [0.1, 0.15) is 0 Å². The van der Waals surface area contributed by atoms with Crippen LogP contribution in [0.4, 0.5) is 0 Å². The van der Waals surface area contributed by atoms with Gasteiger partial charge in [-0.25, -0.2) is 0 Å². The van der Waals surface area contributed by atoms with Crippen molar-refractivity contribution in [3.63, 3.8) is 0 Å². The number of fused-ring (bicyclic) bond motifs is 2. The molecular weight excluding hydrogens is 244 g/mol. The Kier molecular flexibility index (Phi) is 2.71. The Morgan fingerprint density at radius 2 is 2.10 bits per heavy atom. The monoisotopic (exact) mass is 268 g/mol. The largest absolute Gasteiger partial charge is 0.345 e. The summed E-state index contributed by atoms with van der Waals surface area (Å²) in [5, 5.41) is 1.57. The lowest BCUT2D eigenvalue weighted by atomic mass is 9.75. The number of likely N-dealkylation sites (tertiary alicyclic amines) is 1. The zero-order chi connectivity index (χ0) is 13.9. The molecular formula is C18H24N2. The Bertz CT molecular complexity index is 653. The van der Waals surface area contributed by atoms with Crippen molar-refractivity contribution in [1.29, 1.82) is 0 Å². The molecule has 0 amide bonds. The first kappa shape index (κ1) is 12.5. The van der Waals surface area contributed by atoms with Gasteiger partial charge < -0.3 is 9.47 Å². The fraction of sp³-hybridized carbons (Fsp3) is 0.556. The van der Waals surface area contributed by atoms with Crippen LogP contribution in [0, 0.1) is 0 Å². The van der Waals surface area contributed by atoms with E-state index in [1.54, 1.807) is 16.5 Å². The summed E-state index contributed by atoms with van der Waals surface area (Å²) >= 11 is 0. The average molecular weight is 268 g/mol. The van der Waals surface area contributed by atoms with Gasteiger partial charge in [0.2, 0.25) is 0 Å². The molecule has 1 aromatic carbocycles. The van der Waals surface area contributed by atoms with E-state index in [2.05, 4.69) is 54.8 Å². The minimum atomic E-state index is 0.541. The number of hydrogen-bond donors (Lipinski definition) is 0. The summed E-state index contributed by atoms with van der Waals surface area (Å²) in [4.78, 5) is 2.59. The maximum atomic E-state index is 2.59. The second-order valence-electron chi connectivity index (χ2n) is 6.90. The molecule has 0 bridgehead atoms. The van der Waals surface area contributed by atoms with Crippen LogP contribution < -0.4 is 0 Å². The molecule has 2 atom stereocenters. The van der Waals surface area contributed by atoms with Gasteiger partial charge in [-0.05, 0) is 63.9 Å². The van der Waals surface area contributed by atoms with Crippen LogP contribution in [-0.2, 0) is 6.42 Å². The molecule has 106 valence electrons. The predicted octanol–water partition coefficient (Wildman–Crippen LogP) is 3.96. The second-order valence-corrected chi connectivity index (χ2v) is 6.90. The van der Waals surface area contributed by atoms with Gasteiger partial charge in [0.25, 0.3) is 0 Å². The molecule has 2 aromatic rings. The number of likely N-dealkylation sites (N-methyl/N-ethyl adjacent to an activating group) is 1. The van der Waals surface area contributed by atoms with E-state index in [0.29, 0.717) is 12.1 Å². The molecule has 2 heterocycles. The van der Waals surface area contributed by atoms with Crippen LogP contribution in [0.25, 0.3) is 10.9 Å². The van der Waals surface area contributed by atoms with E-state index in [9.17, 15) is 0 Å². The number of benzene rings is 1. The molecule has 1 aliphatic carbocycles. The lowest BCUT2D eigenvalue weighted by molar-refractivity contribution is 0.157. The highest BCUT2D eigenvalue weighted by molar-refractivity contribution is 5.89. The van der Waals surface area contributed by atoms with Crippen molar-refractivity contribution in [1.82, 2.24) is 9.47 Å². The van der Waals surface area contributed by atoms with Gasteiger partial charge >= 0.3 is 0 Å². The molecule has 2 nitrogen and oxygen atoms in total. The molecule has 0 saturated carbocycles. The number of nitrogens with zero attached hydrogens (tertiary/aromatic N) is 2. The zero-order valence-electron chi connectivity index (χ0n) is 12.8. The molecule has 0 N–H and O–H groups in total. The minimum absolute atomic E-state index is 0.541. The van der Waals surface area contributed by atoms with Crippen LogP contribution in [0.3, 0.4) is 0 Å². The van der Waals surface area contributed by atoms with E-state index in [0.717, 1.165) is 5.92 Å². The van der Waals surface area contributed by atoms with E-state index >= 15 is 0 Å². The van der Waals surface area contributed by atoms with E-state index < -0.39 is 0 Å². The quantitative estimate of drug-likeness (QED) is 0.760. The first-order chi connectivity index (χ1) is 9.66. The number of aromatic nitrogens is 1. The molecule has 4 rings (SSSR count). The van der Waals surface area contributed by atoms with Gasteiger partial charge in [0, 0.05) is 35.1 Å². The molecule has 0 radical (unpaired) electrons. The third-order valence-electron chi connectivity index (χ3n) is 5.41. The number of hydrogen-bond acceptors (Lipinski definition) is 1. The van der Waals surface area contributed by atoms with Crippen LogP contribution in [0.5, 0.6) is 0 Å². The first-order valence-electron chi connectivity index (χ1n) is 7.99. The van der Waals surface area contributed by atoms with Gasteiger partial charge in [0.15, 0.2) is 0 Å². The van der Waals surface area contributed by atoms with Gasteiger partial charge in [-0.3, -0.25) is 0 Å². The lowest BCUT2D eigenvalue weighted by Crippen LogP contribution is -2.44. The van der Waals surface area contributed by atoms with Crippen LogP contribution in [-0.4, -0.2) is 29.1 Å². The summed E-state index contributed by atoms with van der Waals surface area (Å²) in [6.07, 6.45) is 6.35. The fourth-order valence-electron chi connectivity index (χ4n) is 4.43. The van der Waals surface area contributed by atoms with Gasteiger partial charge in [0.05, 0.1) is 0 Å². The van der Waals surface area contributed by atoms with Crippen LogP contribution in [0.2, 0.25) is 0 Å². The van der Waals surface area contributed by atoms with Crippen molar-refractivity contribution < 1.29 is 0 Å². The third kappa shape index (κ3) is 1.61. The topological polar surface area (TPSA) is 8.17 Å². The van der Waals surface area contributed by atoms with Crippen LogP contribution >= 0.6 is 0 Å². The molecule has 20 heavy (non-hydrogen) atoms. The van der Waals surface area contributed by atoms with Crippen LogP contribution in [0.15, 0.2) is 24.4 Å². The number of piperidine rings is 1. The molecule has 0 unspecified atom stereocenters. The van der Waals surface area contributed by atoms with E-state index in [1.807, 2.05) is 0 Å². The van der Waals surface area contributed by atoms with Crippen molar-refractivity contribution in [2.45, 2.75) is 51.1 Å². The Morgan fingerprint density at radius 3 is 2.90 bits per heavy atom. The Morgan fingerprint density at radius 1 is 1.25 bits per heavy atom. The van der Waals surface area contributed by atoms with Gasteiger partial charge in [-0.2, -0.15) is 0 Å². The average Bonchev–Trinajstić information content (AvgIpc) is 2.81. The summed E-state index contributed by atoms with van der Waals surface area (Å²) in [6.45, 7) is 5.83. The lowest BCUT2D eigenvalue weighted by Gasteiger charge is -2.42. The zero-order valence-corrected chi connectivity index (χ0v) is 12.8. The first-order valence-corrected chi connectivity index (χ1v) is 7.99. The Balaban J connectivity index is 1.95. The van der Waals surface area contributed by atoms with Crippen molar-refractivity contribution in [3.8, 4) is 0 Å². The molecule has 1 fully saturated rings. The van der Waals surface area contributed by atoms with Gasteiger partial charge in [-0.15, -0.1) is 0 Å². The maximum Gasteiger partial charge on any atom is 0.0488 e. The fourth-order valence-corrected chi connectivity index (χ4v) is 4.43. The summed E-state index contributed by atoms with van der Waals surface area (Å²) in [5.41, 5.74) is 4.62. The molecule has 1 saturated heterocycles. The maximum absolute atomic E-state index is 2.59. The van der Waals surface area contributed by atoms with E-state index in [1.165, 1.54) is 31.3 Å². The van der Waals surface area contributed by atoms with Crippen molar-refractivity contribution in [2.75, 3.05) is 13.6 Å². The van der Waals surface area contributed by atoms with Crippen molar-refractivity contribution in [3.05, 3.63) is 35.5 Å². The van der Waals surface area contributed by atoms with E-state index in [-0.39, 0.29) is 0 Å². The molecule has 1 aromatic heterocycles. The normalized spacial score (nSPS) is 26.2. The highest BCUT2D eigenvalue weighted by Gasteiger charge is 2.36. The van der Waals surface area contributed by atoms with Crippen molar-refractivity contribution >= 4 is 10.9 Å². The highest BCUT2D eigenvalue weighted by atomic mass is 15.1. The summed E-state index contributed by atoms with van der Waals surface area (Å²) in [5.74, 6) is 0.743. The van der Waals surface area contributed by atoms with Gasteiger partial charge in [-0.1, -0.05) is 12.1 Å².